The van der Waals surface area contributed by atoms with Crippen LogP contribution in [0.3, 0.4) is 0 Å². The Labute approximate surface area is 87.9 Å². The maximum atomic E-state index is 11.5. The van der Waals surface area contributed by atoms with Gasteiger partial charge in [-0.1, -0.05) is 0 Å². The van der Waals surface area contributed by atoms with E-state index in [9.17, 15) is 4.79 Å². The van der Waals surface area contributed by atoms with Crippen LogP contribution >= 0.6 is 11.8 Å². The van der Waals surface area contributed by atoms with Gasteiger partial charge in [-0.3, -0.25) is 10.1 Å². The van der Waals surface area contributed by atoms with E-state index < -0.39 is 0 Å². The molecule has 1 amide bonds. The van der Waals surface area contributed by atoms with Crippen LogP contribution in [0.4, 0.5) is 0 Å². The molecule has 1 unspecified atom stereocenters. The molecule has 0 radical (unpaired) electrons. The predicted octanol–water partition coefficient (Wildman–Crippen LogP) is 0.695. The summed E-state index contributed by atoms with van der Waals surface area (Å²) >= 11 is 1.75. The lowest BCUT2D eigenvalue weighted by Gasteiger charge is -2.06. The third-order valence-electron chi connectivity index (χ3n) is 2.54. The van der Waals surface area contributed by atoms with Gasteiger partial charge in [-0.05, 0) is 25.7 Å². The van der Waals surface area contributed by atoms with Gasteiger partial charge < -0.3 is 0 Å². The highest BCUT2D eigenvalue weighted by molar-refractivity contribution is 7.99. The summed E-state index contributed by atoms with van der Waals surface area (Å²) in [5.41, 5.74) is 3.78. The van der Waals surface area contributed by atoms with Crippen molar-refractivity contribution >= 4 is 23.4 Å². The molecule has 1 saturated heterocycles. The molecule has 4 nitrogen and oxygen atoms in total. The quantitative estimate of drug-likeness (QED) is 0.664. The molecule has 1 atom stereocenters. The highest BCUT2D eigenvalue weighted by atomic mass is 32.2. The smallest absolute Gasteiger partial charge is 0.258 e. The van der Waals surface area contributed by atoms with Gasteiger partial charge in [0.15, 0.2) is 0 Å². The number of carbonyl (C=O) groups is 1. The highest BCUT2D eigenvalue weighted by Crippen LogP contribution is 2.14. The molecule has 0 bridgehead atoms. The fraction of sp³-hybridized carbons (Fsp3) is 0.778. The topological polar surface area (TPSA) is 53.5 Å². The molecule has 0 spiro atoms. The summed E-state index contributed by atoms with van der Waals surface area (Å²) in [5.74, 6) is 1.74. The molecule has 2 fully saturated rings. The first-order valence-electron chi connectivity index (χ1n) is 5.02. The standard InChI is InChI=1S/C9H15N3OS/c13-9(8-5-14-6-10-8)12-11-7-3-1-2-4-7/h8,10H,1-6H2,(H,12,13). The number of thioether (sulfide) groups is 1. The van der Waals surface area contributed by atoms with Crippen LogP contribution in [-0.2, 0) is 4.79 Å². The maximum absolute atomic E-state index is 11.5. The van der Waals surface area contributed by atoms with Crippen molar-refractivity contribution in [2.45, 2.75) is 31.7 Å². The Morgan fingerprint density at radius 3 is 2.93 bits per heavy atom. The lowest BCUT2D eigenvalue weighted by atomic mass is 10.3. The second-order valence-corrected chi connectivity index (χ2v) is 4.66. The van der Waals surface area contributed by atoms with Gasteiger partial charge in [0.05, 0.1) is 6.04 Å². The third-order valence-corrected chi connectivity index (χ3v) is 3.48. The zero-order chi connectivity index (χ0) is 9.80. The predicted molar refractivity (Wildman–Crippen MR) is 58.3 cm³/mol. The summed E-state index contributed by atoms with van der Waals surface area (Å²) in [7, 11) is 0. The molecular weight excluding hydrogens is 198 g/mol. The minimum atomic E-state index is -0.0502. The number of nitrogens with zero attached hydrogens (tertiary/aromatic N) is 1. The van der Waals surface area contributed by atoms with Crippen molar-refractivity contribution in [3.63, 3.8) is 0 Å². The van der Waals surface area contributed by atoms with Crippen LogP contribution in [0.15, 0.2) is 5.10 Å². The van der Waals surface area contributed by atoms with Gasteiger partial charge in [0.25, 0.3) is 5.91 Å². The fourth-order valence-electron chi connectivity index (χ4n) is 1.67. The normalized spacial score (nSPS) is 26.6. The molecule has 0 aromatic carbocycles. The van der Waals surface area contributed by atoms with Gasteiger partial charge in [0, 0.05) is 17.3 Å². The molecule has 2 rings (SSSR count). The summed E-state index contributed by atoms with van der Waals surface area (Å²) in [5, 5.41) is 7.25. The van der Waals surface area contributed by atoms with Crippen LogP contribution in [-0.4, -0.2) is 29.3 Å². The van der Waals surface area contributed by atoms with Crippen molar-refractivity contribution in [2.24, 2.45) is 5.10 Å². The summed E-state index contributed by atoms with van der Waals surface area (Å²) in [4.78, 5) is 11.5. The molecule has 2 aliphatic rings. The number of carbonyl (C=O) groups excluding carboxylic acids is 1. The lowest BCUT2D eigenvalue weighted by Crippen LogP contribution is -2.40. The Hall–Kier alpha value is -0.550. The molecule has 0 aromatic rings. The first-order valence-corrected chi connectivity index (χ1v) is 6.18. The van der Waals surface area contributed by atoms with E-state index in [1.54, 1.807) is 11.8 Å². The molecule has 1 aliphatic carbocycles. The first kappa shape index (κ1) is 9.98. The Kier molecular flexibility index (Phi) is 3.42. The maximum Gasteiger partial charge on any atom is 0.258 e. The lowest BCUT2D eigenvalue weighted by molar-refractivity contribution is -0.122. The minimum Gasteiger partial charge on any atom is -0.296 e. The number of amides is 1. The molecule has 1 aliphatic heterocycles. The van der Waals surface area contributed by atoms with E-state index in [-0.39, 0.29) is 11.9 Å². The monoisotopic (exact) mass is 213 g/mol. The van der Waals surface area contributed by atoms with E-state index >= 15 is 0 Å². The first-order chi connectivity index (χ1) is 6.86. The number of hydrogen-bond donors (Lipinski definition) is 2. The molecule has 14 heavy (non-hydrogen) atoms. The van der Waals surface area contributed by atoms with E-state index in [1.165, 1.54) is 12.8 Å². The second-order valence-electron chi connectivity index (χ2n) is 3.63. The summed E-state index contributed by atoms with van der Waals surface area (Å²) in [6, 6.07) is -0.0502. The van der Waals surface area contributed by atoms with Crippen molar-refractivity contribution in [1.82, 2.24) is 10.7 Å². The van der Waals surface area contributed by atoms with Crippen LogP contribution in [0, 0.1) is 0 Å². The zero-order valence-electron chi connectivity index (χ0n) is 8.08. The minimum absolute atomic E-state index is 0.00870. The van der Waals surface area contributed by atoms with Gasteiger partial charge in [0.1, 0.15) is 0 Å². The van der Waals surface area contributed by atoms with Gasteiger partial charge in [-0.2, -0.15) is 5.10 Å². The van der Waals surface area contributed by atoms with E-state index in [4.69, 9.17) is 0 Å². The second kappa shape index (κ2) is 4.79. The van der Waals surface area contributed by atoms with Crippen LogP contribution < -0.4 is 10.7 Å². The van der Waals surface area contributed by atoms with Crippen LogP contribution in [0.25, 0.3) is 0 Å². The van der Waals surface area contributed by atoms with Crippen molar-refractivity contribution in [3.8, 4) is 0 Å². The van der Waals surface area contributed by atoms with Crippen molar-refractivity contribution in [2.75, 3.05) is 11.6 Å². The Morgan fingerprint density at radius 1 is 1.50 bits per heavy atom. The Morgan fingerprint density at radius 2 is 2.29 bits per heavy atom. The summed E-state index contributed by atoms with van der Waals surface area (Å²) in [6.07, 6.45) is 4.53. The van der Waals surface area contributed by atoms with Crippen molar-refractivity contribution in [3.05, 3.63) is 0 Å². The van der Waals surface area contributed by atoms with E-state index in [0.29, 0.717) is 0 Å². The number of nitrogens with one attached hydrogen (secondary N) is 2. The van der Waals surface area contributed by atoms with Crippen molar-refractivity contribution in [1.29, 1.82) is 0 Å². The van der Waals surface area contributed by atoms with E-state index in [2.05, 4.69) is 15.8 Å². The average Bonchev–Trinajstić information content (AvgIpc) is 2.87. The van der Waals surface area contributed by atoms with E-state index in [0.717, 1.165) is 30.2 Å². The largest absolute Gasteiger partial charge is 0.296 e. The van der Waals surface area contributed by atoms with E-state index in [1.807, 2.05) is 0 Å². The van der Waals surface area contributed by atoms with Crippen molar-refractivity contribution < 1.29 is 4.79 Å². The summed E-state index contributed by atoms with van der Waals surface area (Å²) in [6.45, 7) is 0. The Balaban J connectivity index is 1.78. The van der Waals surface area contributed by atoms with Gasteiger partial charge >= 0.3 is 0 Å². The van der Waals surface area contributed by atoms with Gasteiger partial charge in [-0.25, -0.2) is 5.43 Å². The van der Waals surface area contributed by atoms with Gasteiger partial charge in [0.2, 0.25) is 0 Å². The molecule has 1 saturated carbocycles. The number of hydrazone groups is 1. The molecule has 2 N–H and O–H groups in total. The number of rotatable bonds is 2. The molecule has 5 heteroatoms. The molecule has 78 valence electrons. The Bertz CT molecular complexity index is 240. The SMILES string of the molecule is O=C(NN=C1CCCC1)C1CSCN1. The molecular formula is C9H15N3OS. The van der Waals surface area contributed by atoms with Crippen LogP contribution in [0.2, 0.25) is 0 Å². The third kappa shape index (κ3) is 2.48. The van der Waals surface area contributed by atoms with Gasteiger partial charge in [-0.15, -0.1) is 11.8 Å². The van der Waals surface area contributed by atoms with Crippen LogP contribution in [0.5, 0.6) is 0 Å². The molecule has 0 aromatic heterocycles. The number of hydrogen-bond acceptors (Lipinski definition) is 4. The average molecular weight is 213 g/mol. The van der Waals surface area contributed by atoms with Crippen LogP contribution in [0.1, 0.15) is 25.7 Å². The zero-order valence-corrected chi connectivity index (χ0v) is 8.90. The molecule has 1 heterocycles. The summed E-state index contributed by atoms with van der Waals surface area (Å²) < 4.78 is 0. The fourth-order valence-corrected chi connectivity index (χ4v) is 2.61. The highest BCUT2D eigenvalue weighted by Gasteiger charge is 2.22.